The van der Waals surface area contributed by atoms with Crippen molar-refractivity contribution in [3.63, 3.8) is 0 Å². The van der Waals surface area contributed by atoms with E-state index in [9.17, 15) is 9.59 Å². The molecule has 0 saturated heterocycles. The Labute approximate surface area is 183 Å². The molecule has 0 saturated carbocycles. The Hall–Kier alpha value is -2.84. The normalized spacial score (nSPS) is 12.4. The van der Waals surface area contributed by atoms with E-state index in [1.807, 2.05) is 0 Å². The van der Waals surface area contributed by atoms with E-state index in [4.69, 9.17) is 19.7 Å². The van der Waals surface area contributed by atoms with Gasteiger partial charge in [0.05, 0.1) is 6.61 Å². The number of carbonyl (C=O) groups excluding carboxylic acids is 1. The van der Waals surface area contributed by atoms with Crippen molar-refractivity contribution in [1.82, 2.24) is 0 Å². The van der Waals surface area contributed by atoms with E-state index in [-0.39, 0.29) is 13.2 Å². The summed E-state index contributed by atoms with van der Waals surface area (Å²) in [6, 6.07) is 14.0. The van der Waals surface area contributed by atoms with Gasteiger partial charge in [0.15, 0.2) is 0 Å². The lowest BCUT2D eigenvalue weighted by Gasteiger charge is -2.32. The van der Waals surface area contributed by atoms with Gasteiger partial charge < -0.3 is 19.7 Å². The Bertz CT molecular complexity index is 895. The number of carboxylic acid groups (broad SMARTS) is 1. The van der Waals surface area contributed by atoms with E-state index < -0.39 is 23.6 Å². The summed E-state index contributed by atoms with van der Waals surface area (Å²) in [4.78, 5) is 23.7. The topological polar surface area (TPSA) is 105 Å². The van der Waals surface area contributed by atoms with Crippen LogP contribution < -0.4 is 10.1 Å². The largest absolute Gasteiger partial charge is 0.491 e. The Morgan fingerprint density at radius 2 is 1.83 bits per heavy atom. The number of aliphatic hydroxyl groups is 1. The highest BCUT2D eigenvalue weighted by molar-refractivity contribution is 9.10. The number of hydrogen-bond donors (Lipinski definition) is 3. The number of aliphatic carboxylic acids is 1. The van der Waals surface area contributed by atoms with Crippen LogP contribution >= 0.6 is 15.9 Å². The molecule has 0 heterocycles. The van der Waals surface area contributed by atoms with Crippen LogP contribution in [0.3, 0.4) is 0 Å². The van der Waals surface area contributed by atoms with Gasteiger partial charge in [-0.1, -0.05) is 54.1 Å². The number of carboxylic acids is 1. The van der Waals surface area contributed by atoms with Gasteiger partial charge >= 0.3 is 12.1 Å². The second-order valence-corrected chi connectivity index (χ2v) is 7.94. The van der Waals surface area contributed by atoms with Crippen LogP contribution in [0, 0.1) is 5.41 Å². The Morgan fingerprint density at radius 1 is 1.17 bits per heavy atom. The molecule has 0 aliphatic heterocycles. The van der Waals surface area contributed by atoms with Gasteiger partial charge in [0, 0.05) is 27.2 Å². The van der Waals surface area contributed by atoms with Crippen LogP contribution in [0.2, 0.25) is 0 Å². The molecule has 2 aromatic carbocycles. The lowest BCUT2D eigenvalue weighted by molar-refractivity contribution is -0.131. The van der Waals surface area contributed by atoms with Crippen molar-refractivity contribution in [2.75, 3.05) is 18.5 Å². The molecule has 0 unspecified atom stereocenters. The summed E-state index contributed by atoms with van der Waals surface area (Å²) < 4.78 is 12.2. The number of hydrogen-bond acceptors (Lipinski definition) is 5. The van der Waals surface area contributed by atoms with Gasteiger partial charge in [-0.25, -0.2) is 9.59 Å². The minimum absolute atomic E-state index is 0.0697. The molecule has 0 fully saturated rings. The summed E-state index contributed by atoms with van der Waals surface area (Å²) in [5.41, 5.74) is 0.219. The van der Waals surface area contributed by atoms with Crippen molar-refractivity contribution < 1.29 is 29.3 Å². The summed E-state index contributed by atoms with van der Waals surface area (Å²) in [6.07, 6.45) is 0.921. The number of rotatable bonds is 9. The molecule has 2 aromatic rings. The van der Waals surface area contributed by atoms with E-state index in [1.54, 1.807) is 62.4 Å². The van der Waals surface area contributed by atoms with Crippen LogP contribution in [0.5, 0.6) is 5.75 Å². The summed E-state index contributed by atoms with van der Waals surface area (Å²) in [7, 11) is 0. The predicted octanol–water partition coefficient (Wildman–Crippen LogP) is 4.78. The standard InChI is InChI=1S/C22H24BrNO6/c1-22(2,12-11-19(26)27)20(17-5-3-4-6-18(17)29-14-13-25)30-21(28)24-16-9-7-15(23)8-10-16/h3-12,20,25H,13-14H2,1-2H3,(H,24,28)(H,26,27)/b12-11+/t20-/m0/s1. The van der Waals surface area contributed by atoms with Crippen molar-refractivity contribution in [1.29, 1.82) is 0 Å². The quantitative estimate of drug-likeness (QED) is 0.449. The molecule has 160 valence electrons. The van der Waals surface area contributed by atoms with Crippen molar-refractivity contribution in [3.8, 4) is 5.75 Å². The smallest absolute Gasteiger partial charge is 0.412 e. The van der Waals surface area contributed by atoms with Gasteiger partial charge in [-0.05, 0) is 30.3 Å². The third-order valence-corrected chi connectivity index (χ3v) is 4.73. The Morgan fingerprint density at radius 3 is 2.47 bits per heavy atom. The highest BCUT2D eigenvalue weighted by Crippen LogP contribution is 2.42. The van der Waals surface area contributed by atoms with Crippen LogP contribution in [0.25, 0.3) is 0 Å². The number of aliphatic hydroxyl groups excluding tert-OH is 1. The summed E-state index contributed by atoms with van der Waals surface area (Å²) >= 11 is 3.33. The maximum Gasteiger partial charge on any atom is 0.412 e. The Kier molecular flexibility index (Phi) is 8.44. The molecule has 8 heteroatoms. The van der Waals surface area contributed by atoms with Gasteiger partial charge in [0.25, 0.3) is 0 Å². The first-order valence-electron chi connectivity index (χ1n) is 9.21. The minimum atomic E-state index is -1.11. The molecule has 3 N–H and O–H groups in total. The average molecular weight is 478 g/mol. The Balaban J connectivity index is 2.35. The monoisotopic (exact) mass is 477 g/mol. The van der Waals surface area contributed by atoms with Crippen molar-refractivity contribution in [3.05, 3.63) is 70.7 Å². The number of carbonyl (C=O) groups is 2. The molecule has 0 bridgehead atoms. The van der Waals surface area contributed by atoms with Crippen LogP contribution in [0.1, 0.15) is 25.5 Å². The zero-order valence-corrected chi connectivity index (χ0v) is 18.3. The summed E-state index contributed by atoms with van der Waals surface area (Å²) in [5.74, 6) is -0.671. The first-order chi connectivity index (χ1) is 14.2. The first kappa shape index (κ1) is 23.4. The van der Waals surface area contributed by atoms with Crippen LogP contribution in [0.4, 0.5) is 10.5 Å². The van der Waals surface area contributed by atoms with E-state index in [0.29, 0.717) is 17.0 Å². The molecule has 7 nitrogen and oxygen atoms in total. The second kappa shape index (κ2) is 10.8. The van der Waals surface area contributed by atoms with Gasteiger partial charge in [-0.2, -0.15) is 0 Å². The number of anilines is 1. The molecule has 0 spiro atoms. The highest BCUT2D eigenvalue weighted by Gasteiger charge is 2.34. The zero-order valence-electron chi connectivity index (χ0n) is 16.7. The molecule has 2 rings (SSSR count). The SMILES string of the molecule is CC(C)(/C=C/C(=O)O)[C@@H](OC(=O)Nc1ccc(Br)cc1)c1ccccc1OCCO. The maximum absolute atomic E-state index is 12.6. The molecular formula is C22H24BrNO6. The molecule has 30 heavy (non-hydrogen) atoms. The molecule has 0 aliphatic carbocycles. The number of nitrogens with one attached hydrogen (secondary N) is 1. The van der Waals surface area contributed by atoms with Crippen LogP contribution in [-0.2, 0) is 9.53 Å². The third kappa shape index (κ3) is 6.89. The summed E-state index contributed by atoms with van der Waals surface area (Å²) in [6.45, 7) is 3.41. The fourth-order valence-corrected chi connectivity index (χ4v) is 3.03. The van der Waals surface area contributed by atoms with Gasteiger partial charge in [-0.15, -0.1) is 0 Å². The highest BCUT2D eigenvalue weighted by atomic mass is 79.9. The van der Waals surface area contributed by atoms with Gasteiger partial charge in [-0.3, -0.25) is 5.32 Å². The van der Waals surface area contributed by atoms with Crippen LogP contribution in [-0.4, -0.2) is 35.5 Å². The lowest BCUT2D eigenvalue weighted by Crippen LogP contribution is -2.28. The molecule has 0 aliphatic rings. The molecule has 1 amide bonds. The maximum atomic E-state index is 12.6. The number of halogens is 1. The number of amides is 1. The number of ether oxygens (including phenoxy) is 2. The molecule has 0 aromatic heterocycles. The van der Waals surface area contributed by atoms with Crippen molar-refractivity contribution in [2.45, 2.75) is 20.0 Å². The third-order valence-electron chi connectivity index (χ3n) is 4.20. The van der Waals surface area contributed by atoms with Gasteiger partial charge in [0.1, 0.15) is 18.5 Å². The second-order valence-electron chi connectivity index (χ2n) is 7.02. The van der Waals surface area contributed by atoms with E-state index >= 15 is 0 Å². The van der Waals surface area contributed by atoms with E-state index in [0.717, 1.165) is 10.5 Å². The predicted molar refractivity (Wildman–Crippen MR) is 117 cm³/mol. The lowest BCUT2D eigenvalue weighted by atomic mass is 9.81. The van der Waals surface area contributed by atoms with E-state index in [2.05, 4.69) is 21.2 Å². The number of para-hydroxylation sites is 1. The number of benzene rings is 2. The molecule has 0 radical (unpaired) electrons. The van der Waals surface area contributed by atoms with Crippen LogP contribution in [0.15, 0.2) is 65.2 Å². The zero-order chi connectivity index (χ0) is 22.1. The molecular weight excluding hydrogens is 454 g/mol. The summed E-state index contributed by atoms with van der Waals surface area (Å²) in [5, 5.41) is 20.8. The van der Waals surface area contributed by atoms with E-state index in [1.165, 1.54) is 6.08 Å². The van der Waals surface area contributed by atoms with Gasteiger partial charge in [0.2, 0.25) is 0 Å². The first-order valence-corrected chi connectivity index (χ1v) is 10.00. The fraction of sp³-hybridized carbons (Fsp3) is 0.273. The minimum Gasteiger partial charge on any atom is -0.491 e. The van der Waals surface area contributed by atoms with Crippen molar-refractivity contribution in [2.24, 2.45) is 5.41 Å². The average Bonchev–Trinajstić information content (AvgIpc) is 2.71. The van der Waals surface area contributed by atoms with Crippen molar-refractivity contribution >= 4 is 33.7 Å². The molecule has 1 atom stereocenters. The fourth-order valence-electron chi connectivity index (χ4n) is 2.76.